The molecule has 0 saturated heterocycles. The highest BCUT2D eigenvalue weighted by atomic mass is 32.1. The molecule has 1 aromatic heterocycles. The number of benzene rings is 1. The minimum Gasteiger partial charge on any atom is -0.394 e. The van der Waals surface area contributed by atoms with Crippen molar-refractivity contribution in [3.63, 3.8) is 0 Å². The average Bonchev–Trinajstić information content (AvgIpc) is 3.08. The maximum atomic E-state index is 9.93. The fourth-order valence-electron chi connectivity index (χ4n) is 2.97. The smallest absolute Gasteiger partial charge is 0.109 e. The highest BCUT2D eigenvalue weighted by Crippen LogP contribution is 2.38. The molecule has 0 bridgehead atoms. The molecule has 1 aliphatic rings. The molecule has 0 spiro atoms. The summed E-state index contributed by atoms with van der Waals surface area (Å²) in [4.78, 5) is 4.35. The van der Waals surface area contributed by atoms with Gasteiger partial charge in [0.05, 0.1) is 18.2 Å². The molecule has 3 rings (SSSR count). The molecule has 0 saturated carbocycles. The second-order valence-electron chi connectivity index (χ2n) is 5.13. The van der Waals surface area contributed by atoms with Crippen LogP contribution in [-0.2, 0) is 12.0 Å². The Morgan fingerprint density at radius 1 is 1.47 bits per heavy atom. The third-order valence-electron chi connectivity index (χ3n) is 3.94. The first-order valence-electron chi connectivity index (χ1n) is 6.61. The zero-order valence-corrected chi connectivity index (χ0v) is 11.8. The predicted octanol–water partition coefficient (Wildman–Crippen LogP) is 2.63. The molecule has 2 N–H and O–H groups in total. The molecule has 2 aromatic rings. The normalized spacial score (nSPS) is 23.3. The Kier molecular flexibility index (Phi) is 3.39. The number of aliphatic hydroxyl groups excluding tert-OH is 1. The van der Waals surface area contributed by atoms with Crippen LogP contribution in [0.15, 0.2) is 35.8 Å². The highest BCUT2D eigenvalue weighted by molar-refractivity contribution is 7.09. The molecule has 100 valence electrons. The van der Waals surface area contributed by atoms with Crippen molar-refractivity contribution in [2.24, 2.45) is 0 Å². The summed E-state index contributed by atoms with van der Waals surface area (Å²) in [5.41, 5.74) is 2.26. The Morgan fingerprint density at radius 3 is 3.05 bits per heavy atom. The minimum atomic E-state index is -0.318. The van der Waals surface area contributed by atoms with Gasteiger partial charge < -0.3 is 5.11 Å². The predicted molar refractivity (Wildman–Crippen MR) is 77.2 cm³/mol. The lowest BCUT2D eigenvalue weighted by Crippen LogP contribution is -2.45. The van der Waals surface area contributed by atoms with Gasteiger partial charge in [0, 0.05) is 11.6 Å². The van der Waals surface area contributed by atoms with Crippen molar-refractivity contribution in [2.75, 3.05) is 6.61 Å². The van der Waals surface area contributed by atoms with Gasteiger partial charge in [0.1, 0.15) is 5.01 Å². The van der Waals surface area contributed by atoms with E-state index in [1.54, 1.807) is 11.3 Å². The maximum absolute atomic E-state index is 9.93. The van der Waals surface area contributed by atoms with Crippen LogP contribution in [0.5, 0.6) is 0 Å². The zero-order valence-electron chi connectivity index (χ0n) is 11.0. The van der Waals surface area contributed by atoms with Gasteiger partial charge in [-0.1, -0.05) is 24.3 Å². The van der Waals surface area contributed by atoms with Crippen molar-refractivity contribution >= 4 is 11.3 Å². The van der Waals surface area contributed by atoms with Crippen molar-refractivity contribution in [2.45, 2.75) is 31.3 Å². The SMILES string of the molecule is C[C@@H](N[C@@]1(CO)CCc2ccccc21)c1nccs1. The second-order valence-corrected chi connectivity index (χ2v) is 6.06. The molecule has 3 nitrogen and oxygen atoms in total. The summed E-state index contributed by atoms with van der Waals surface area (Å²) in [7, 11) is 0. The van der Waals surface area contributed by atoms with Crippen LogP contribution < -0.4 is 5.32 Å². The fourth-order valence-corrected chi connectivity index (χ4v) is 3.62. The monoisotopic (exact) mass is 274 g/mol. The Bertz CT molecular complexity index is 555. The van der Waals surface area contributed by atoms with E-state index >= 15 is 0 Å². The number of hydrogen-bond acceptors (Lipinski definition) is 4. The summed E-state index contributed by atoms with van der Waals surface area (Å²) in [6, 6.07) is 8.54. The van der Waals surface area contributed by atoms with Crippen molar-refractivity contribution in [3.8, 4) is 0 Å². The van der Waals surface area contributed by atoms with Gasteiger partial charge in [-0.15, -0.1) is 11.3 Å². The molecular weight excluding hydrogens is 256 g/mol. The van der Waals surface area contributed by atoms with Crippen molar-refractivity contribution in [1.29, 1.82) is 0 Å². The quantitative estimate of drug-likeness (QED) is 0.901. The number of thiazole rings is 1. The van der Waals surface area contributed by atoms with Crippen LogP contribution >= 0.6 is 11.3 Å². The number of nitrogens with one attached hydrogen (secondary N) is 1. The van der Waals surface area contributed by atoms with E-state index in [2.05, 4.69) is 35.4 Å². The summed E-state index contributed by atoms with van der Waals surface area (Å²) in [5, 5.41) is 16.6. The number of aliphatic hydroxyl groups is 1. The first-order valence-corrected chi connectivity index (χ1v) is 7.49. The van der Waals surface area contributed by atoms with Gasteiger partial charge in [-0.25, -0.2) is 4.98 Å². The first kappa shape index (κ1) is 12.8. The number of rotatable bonds is 4. The van der Waals surface area contributed by atoms with Crippen LogP contribution in [0.3, 0.4) is 0 Å². The molecule has 1 aromatic carbocycles. The van der Waals surface area contributed by atoms with Gasteiger partial charge in [0.25, 0.3) is 0 Å². The average molecular weight is 274 g/mol. The summed E-state index contributed by atoms with van der Waals surface area (Å²) >= 11 is 1.65. The van der Waals surface area contributed by atoms with Crippen LogP contribution in [-0.4, -0.2) is 16.7 Å². The lowest BCUT2D eigenvalue weighted by molar-refractivity contribution is 0.149. The molecule has 0 fully saturated rings. The van der Waals surface area contributed by atoms with Gasteiger partial charge in [-0.3, -0.25) is 5.32 Å². The van der Waals surface area contributed by atoms with Crippen LogP contribution in [0.1, 0.15) is 35.5 Å². The number of hydrogen-bond donors (Lipinski definition) is 2. The molecule has 1 aliphatic carbocycles. The van der Waals surface area contributed by atoms with Crippen molar-refractivity contribution in [3.05, 3.63) is 52.0 Å². The Labute approximate surface area is 117 Å². The van der Waals surface area contributed by atoms with Crippen LogP contribution in [0, 0.1) is 0 Å². The van der Waals surface area contributed by atoms with E-state index in [4.69, 9.17) is 0 Å². The standard InChI is InChI=1S/C15H18N2OS/c1-11(14-16-8-9-19-14)17-15(10-18)7-6-12-4-2-3-5-13(12)15/h2-5,8-9,11,17-18H,6-7,10H2,1H3/t11-,15-/m1/s1. The highest BCUT2D eigenvalue weighted by Gasteiger charge is 2.39. The van der Waals surface area contributed by atoms with E-state index in [-0.39, 0.29) is 18.2 Å². The van der Waals surface area contributed by atoms with E-state index in [1.807, 2.05) is 17.6 Å². The molecule has 19 heavy (non-hydrogen) atoms. The molecule has 0 radical (unpaired) electrons. The summed E-state index contributed by atoms with van der Waals surface area (Å²) < 4.78 is 0. The second kappa shape index (κ2) is 5.04. The molecule has 4 heteroatoms. The van der Waals surface area contributed by atoms with Crippen LogP contribution in [0.4, 0.5) is 0 Å². The van der Waals surface area contributed by atoms with Gasteiger partial charge in [0.2, 0.25) is 0 Å². The number of fused-ring (bicyclic) bond motifs is 1. The zero-order chi connectivity index (χ0) is 13.3. The molecule has 1 heterocycles. The Balaban J connectivity index is 1.89. The van der Waals surface area contributed by atoms with E-state index < -0.39 is 0 Å². The third kappa shape index (κ3) is 2.20. The lowest BCUT2D eigenvalue weighted by atomic mass is 9.92. The van der Waals surface area contributed by atoms with Gasteiger partial charge in [0.15, 0.2) is 0 Å². The van der Waals surface area contributed by atoms with Gasteiger partial charge in [-0.05, 0) is 30.9 Å². The minimum absolute atomic E-state index is 0.125. The number of aromatic nitrogens is 1. The Hall–Kier alpha value is -1.23. The van der Waals surface area contributed by atoms with Crippen LogP contribution in [0.2, 0.25) is 0 Å². The Morgan fingerprint density at radius 2 is 2.32 bits per heavy atom. The van der Waals surface area contributed by atoms with Gasteiger partial charge >= 0.3 is 0 Å². The third-order valence-corrected chi connectivity index (χ3v) is 4.90. The fraction of sp³-hybridized carbons (Fsp3) is 0.400. The van der Waals surface area contributed by atoms with E-state index in [1.165, 1.54) is 11.1 Å². The summed E-state index contributed by atoms with van der Waals surface area (Å²) in [5.74, 6) is 0. The van der Waals surface area contributed by atoms with Crippen molar-refractivity contribution < 1.29 is 5.11 Å². The van der Waals surface area contributed by atoms with E-state index in [9.17, 15) is 5.11 Å². The maximum Gasteiger partial charge on any atom is 0.109 e. The number of aryl methyl sites for hydroxylation is 1. The molecule has 0 unspecified atom stereocenters. The molecule has 2 atom stereocenters. The molecule has 0 amide bonds. The van der Waals surface area contributed by atoms with Crippen LogP contribution in [0.25, 0.3) is 0 Å². The summed E-state index contributed by atoms with van der Waals surface area (Å²) in [6.45, 7) is 2.23. The topological polar surface area (TPSA) is 45.1 Å². The number of nitrogens with zero attached hydrogens (tertiary/aromatic N) is 1. The van der Waals surface area contributed by atoms with Crippen molar-refractivity contribution in [1.82, 2.24) is 10.3 Å². The lowest BCUT2D eigenvalue weighted by Gasteiger charge is -2.32. The van der Waals surface area contributed by atoms with E-state index in [0.717, 1.165) is 17.8 Å². The molecule has 0 aliphatic heterocycles. The first-order chi connectivity index (χ1) is 9.25. The van der Waals surface area contributed by atoms with Gasteiger partial charge in [-0.2, -0.15) is 0 Å². The molecular formula is C15H18N2OS. The largest absolute Gasteiger partial charge is 0.394 e. The summed E-state index contributed by atoms with van der Waals surface area (Å²) in [6.07, 6.45) is 3.79. The van der Waals surface area contributed by atoms with E-state index in [0.29, 0.717) is 0 Å².